The van der Waals surface area contributed by atoms with Crippen LogP contribution in [0.5, 0.6) is 11.5 Å². The number of nitrogens with one attached hydrogen (secondary N) is 1. The number of carbonyl (C=O) groups excluding carboxylic acids is 1. The molecule has 2 N–H and O–H groups in total. The summed E-state index contributed by atoms with van der Waals surface area (Å²) in [6.07, 6.45) is 4.43. The van der Waals surface area contributed by atoms with E-state index in [2.05, 4.69) is 5.32 Å². The molecule has 1 aromatic carbocycles. The number of carbonyl (C=O) groups is 2. The highest BCUT2D eigenvalue weighted by molar-refractivity contribution is 5.91. The minimum atomic E-state index is -0.868. The van der Waals surface area contributed by atoms with Gasteiger partial charge in [0.2, 0.25) is 5.91 Å². The van der Waals surface area contributed by atoms with Gasteiger partial charge in [0, 0.05) is 19.0 Å². The van der Waals surface area contributed by atoms with Crippen molar-refractivity contribution in [2.24, 2.45) is 0 Å². The smallest absolute Gasteiger partial charge is 0.303 e. The molecule has 0 saturated heterocycles. The Hall–Kier alpha value is -2.50. The van der Waals surface area contributed by atoms with Gasteiger partial charge in [-0.3, -0.25) is 9.59 Å². The van der Waals surface area contributed by atoms with Gasteiger partial charge in [0.15, 0.2) is 11.5 Å². The Morgan fingerprint density at radius 3 is 2.74 bits per heavy atom. The van der Waals surface area contributed by atoms with Gasteiger partial charge in [0.05, 0.1) is 13.7 Å². The Labute approximate surface area is 136 Å². The first-order valence-corrected chi connectivity index (χ1v) is 7.55. The maximum Gasteiger partial charge on any atom is 0.303 e. The maximum atomic E-state index is 11.6. The molecule has 0 unspecified atom stereocenters. The molecule has 0 aliphatic carbocycles. The second-order valence-corrected chi connectivity index (χ2v) is 4.88. The third-order valence-electron chi connectivity index (χ3n) is 2.94. The molecule has 0 fully saturated rings. The molecule has 0 atom stereocenters. The second-order valence-electron chi connectivity index (χ2n) is 4.88. The van der Waals surface area contributed by atoms with E-state index < -0.39 is 5.97 Å². The number of benzene rings is 1. The van der Waals surface area contributed by atoms with E-state index >= 15 is 0 Å². The van der Waals surface area contributed by atoms with Crippen LogP contribution in [0.25, 0.3) is 6.08 Å². The highest BCUT2D eigenvalue weighted by Crippen LogP contribution is 2.28. The number of aliphatic carboxylic acids is 1. The van der Waals surface area contributed by atoms with E-state index in [0.29, 0.717) is 31.1 Å². The van der Waals surface area contributed by atoms with Crippen LogP contribution in [0.3, 0.4) is 0 Å². The predicted molar refractivity (Wildman–Crippen MR) is 87.7 cm³/mol. The summed E-state index contributed by atoms with van der Waals surface area (Å²) in [7, 11) is 1.57. The Morgan fingerprint density at radius 2 is 2.09 bits per heavy atom. The number of hydrogen-bond donors (Lipinski definition) is 2. The Bertz CT molecular complexity index is 554. The Morgan fingerprint density at radius 1 is 1.30 bits per heavy atom. The molecule has 1 aromatic rings. The zero-order valence-electron chi connectivity index (χ0n) is 13.5. The van der Waals surface area contributed by atoms with Crippen LogP contribution in [0, 0.1) is 0 Å². The van der Waals surface area contributed by atoms with E-state index in [4.69, 9.17) is 14.6 Å². The van der Waals surface area contributed by atoms with Gasteiger partial charge in [0.1, 0.15) is 0 Å². The Balaban J connectivity index is 2.55. The summed E-state index contributed by atoms with van der Waals surface area (Å²) in [4.78, 5) is 22.0. The van der Waals surface area contributed by atoms with Crippen LogP contribution < -0.4 is 14.8 Å². The number of carboxylic acids is 1. The van der Waals surface area contributed by atoms with Crippen LogP contribution in [0.4, 0.5) is 0 Å². The lowest BCUT2D eigenvalue weighted by Gasteiger charge is -2.10. The van der Waals surface area contributed by atoms with Gasteiger partial charge in [-0.25, -0.2) is 0 Å². The van der Waals surface area contributed by atoms with Crippen molar-refractivity contribution in [2.45, 2.75) is 26.2 Å². The SMILES string of the molecule is CCCOc1ccc(/C=C/C(=O)NCCCC(=O)O)cc1OC. The van der Waals surface area contributed by atoms with Gasteiger partial charge < -0.3 is 19.9 Å². The molecule has 0 aromatic heterocycles. The molecule has 0 saturated carbocycles. The van der Waals surface area contributed by atoms with Crippen molar-refractivity contribution in [1.29, 1.82) is 0 Å². The van der Waals surface area contributed by atoms with Gasteiger partial charge in [-0.2, -0.15) is 0 Å². The van der Waals surface area contributed by atoms with Crippen LogP contribution in [0.1, 0.15) is 31.7 Å². The molecule has 6 nitrogen and oxygen atoms in total. The zero-order chi connectivity index (χ0) is 17.1. The number of ether oxygens (including phenoxy) is 2. The van der Waals surface area contributed by atoms with E-state index in [9.17, 15) is 9.59 Å². The standard InChI is InChI=1S/C17H23NO5/c1-3-11-23-14-8-6-13(12-15(14)22-2)7-9-16(19)18-10-4-5-17(20)21/h6-9,12H,3-5,10-11H2,1-2H3,(H,18,19)(H,20,21)/b9-7+. The molecule has 1 amide bonds. The fourth-order valence-electron chi connectivity index (χ4n) is 1.80. The molecule has 0 aliphatic heterocycles. The average molecular weight is 321 g/mol. The van der Waals surface area contributed by atoms with Crippen LogP contribution >= 0.6 is 0 Å². The maximum absolute atomic E-state index is 11.6. The van der Waals surface area contributed by atoms with E-state index in [0.717, 1.165) is 12.0 Å². The third kappa shape index (κ3) is 7.35. The molecule has 0 aliphatic rings. The molecular formula is C17H23NO5. The number of rotatable bonds is 10. The van der Waals surface area contributed by atoms with Gasteiger partial charge in [0.25, 0.3) is 0 Å². The van der Waals surface area contributed by atoms with E-state index in [1.165, 1.54) is 6.08 Å². The van der Waals surface area contributed by atoms with Gasteiger partial charge in [-0.1, -0.05) is 13.0 Å². The zero-order valence-corrected chi connectivity index (χ0v) is 13.5. The predicted octanol–water partition coefficient (Wildman–Crippen LogP) is 2.48. The monoisotopic (exact) mass is 321 g/mol. The highest BCUT2D eigenvalue weighted by Gasteiger charge is 2.04. The quantitative estimate of drug-likeness (QED) is 0.511. The molecular weight excluding hydrogens is 298 g/mol. The Kier molecular flexibility index (Phi) is 8.28. The van der Waals surface area contributed by atoms with Crippen molar-refractivity contribution in [3.05, 3.63) is 29.8 Å². The largest absolute Gasteiger partial charge is 0.493 e. The topological polar surface area (TPSA) is 84.9 Å². The van der Waals surface area contributed by atoms with Crippen LogP contribution in [-0.2, 0) is 9.59 Å². The average Bonchev–Trinajstić information content (AvgIpc) is 2.55. The summed E-state index contributed by atoms with van der Waals surface area (Å²) in [5.74, 6) is 0.153. The summed E-state index contributed by atoms with van der Waals surface area (Å²) < 4.78 is 10.8. The first-order valence-electron chi connectivity index (χ1n) is 7.55. The van der Waals surface area contributed by atoms with Crippen molar-refractivity contribution in [3.8, 4) is 11.5 Å². The summed E-state index contributed by atoms with van der Waals surface area (Å²) in [6.45, 7) is 2.98. The summed E-state index contributed by atoms with van der Waals surface area (Å²) in [5.41, 5.74) is 0.811. The lowest BCUT2D eigenvalue weighted by molar-refractivity contribution is -0.137. The van der Waals surface area contributed by atoms with Crippen LogP contribution in [-0.4, -0.2) is 37.2 Å². The lowest BCUT2D eigenvalue weighted by atomic mass is 10.2. The molecule has 23 heavy (non-hydrogen) atoms. The van der Waals surface area contributed by atoms with E-state index in [1.807, 2.05) is 13.0 Å². The van der Waals surface area contributed by atoms with E-state index in [-0.39, 0.29) is 12.3 Å². The number of hydrogen-bond acceptors (Lipinski definition) is 4. The number of carboxylic acid groups (broad SMARTS) is 1. The van der Waals surface area contributed by atoms with Gasteiger partial charge in [-0.05, 0) is 36.6 Å². The van der Waals surface area contributed by atoms with Gasteiger partial charge >= 0.3 is 5.97 Å². The fourth-order valence-corrected chi connectivity index (χ4v) is 1.80. The highest BCUT2D eigenvalue weighted by atomic mass is 16.5. The molecule has 1 rings (SSSR count). The molecule has 6 heteroatoms. The summed E-state index contributed by atoms with van der Waals surface area (Å²) in [6, 6.07) is 5.43. The molecule has 0 bridgehead atoms. The van der Waals surface area contributed by atoms with E-state index in [1.54, 1.807) is 25.3 Å². The number of amides is 1. The minimum Gasteiger partial charge on any atom is -0.493 e. The normalized spacial score (nSPS) is 10.5. The second kappa shape index (κ2) is 10.3. The van der Waals surface area contributed by atoms with Crippen molar-refractivity contribution in [1.82, 2.24) is 5.32 Å². The first-order chi connectivity index (χ1) is 11.1. The van der Waals surface area contributed by atoms with Crippen molar-refractivity contribution in [2.75, 3.05) is 20.3 Å². The van der Waals surface area contributed by atoms with Crippen molar-refractivity contribution >= 4 is 18.0 Å². The van der Waals surface area contributed by atoms with Crippen molar-refractivity contribution in [3.63, 3.8) is 0 Å². The lowest BCUT2D eigenvalue weighted by Crippen LogP contribution is -2.22. The summed E-state index contributed by atoms with van der Waals surface area (Å²) >= 11 is 0. The summed E-state index contributed by atoms with van der Waals surface area (Å²) in [5, 5.41) is 11.1. The molecule has 0 heterocycles. The third-order valence-corrected chi connectivity index (χ3v) is 2.94. The minimum absolute atomic E-state index is 0.0421. The number of methoxy groups -OCH3 is 1. The van der Waals surface area contributed by atoms with Gasteiger partial charge in [-0.15, -0.1) is 0 Å². The van der Waals surface area contributed by atoms with Crippen LogP contribution in [0.15, 0.2) is 24.3 Å². The molecule has 0 radical (unpaired) electrons. The fraction of sp³-hybridized carbons (Fsp3) is 0.412. The molecule has 126 valence electrons. The van der Waals surface area contributed by atoms with Crippen LogP contribution in [0.2, 0.25) is 0 Å². The first kappa shape index (κ1) is 18.5. The van der Waals surface area contributed by atoms with Crippen molar-refractivity contribution < 1.29 is 24.2 Å². The molecule has 0 spiro atoms.